The molecule has 1 aliphatic heterocycles. The van der Waals surface area contributed by atoms with Crippen molar-refractivity contribution in [3.05, 3.63) is 12.2 Å². The molecule has 0 aromatic heterocycles. The Labute approximate surface area is 89.2 Å². The summed E-state index contributed by atoms with van der Waals surface area (Å²) in [6, 6.07) is 0. The molecule has 15 heavy (non-hydrogen) atoms. The molecular weight excluding hydrogens is 194 g/mol. The van der Waals surface area contributed by atoms with Crippen molar-refractivity contribution in [2.75, 3.05) is 19.6 Å². The molecule has 1 saturated heterocycles. The molecule has 84 valence electrons. The smallest absolute Gasteiger partial charge is 0.332 e. The summed E-state index contributed by atoms with van der Waals surface area (Å²) in [5.74, 6) is -0.0132. The van der Waals surface area contributed by atoms with Crippen molar-refractivity contribution in [2.45, 2.75) is 18.9 Å². The highest BCUT2D eigenvalue weighted by Crippen LogP contribution is 2.38. The van der Waals surface area contributed by atoms with E-state index in [2.05, 4.69) is 11.5 Å². The van der Waals surface area contributed by atoms with Gasteiger partial charge >= 0.3 is 5.97 Å². The average molecular weight is 211 g/mol. The van der Waals surface area contributed by atoms with Gasteiger partial charge in [0.2, 0.25) is 0 Å². The Kier molecular flexibility index (Phi) is 2.80. The Morgan fingerprint density at radius 3 is 2.73 bits per heavy atom. The first-order valence-electron chi connectivity index (χ1n) is 5.39. The average Bonchev–Trinajstić information content (AvgIpc) is 2.69. The highest BCUT2D eigenvalue weighted by atomic mass is 16.4. The van der Waals surface area contributed by atoms with Crippen LogP contribution in [0.15, 0.2) is 12.2 Å². The number of nitrogens with zero attached hydrogens (tertiary/aromatic N) is 1. The Balaban J connectivity index is 1.88. The largest absolute Gasteiger partial charge is 0.478 e. The molecule has 4 heteroatoms. The molecule has 2 rings (SSSR count). The third kappa shape index (κ3) is 2.06. The third-order valence-corrected chi connectivity index (χ3v) is 3.61. The van der Waals surface area contributed by atoms with Crippen molar-refractivity contribution in [2.24, 2.45) is 11.8 Å². The van der Waals surface area contributed by atoms with E-state index in [-0.39, 0.29) is 11.7 Å². The zero-order valence-electron chi connectivity index (χ0n) is 8.72. The first kappa shape index (κ1) is 10.6. The standard InChI is InChI=1S/C11H17NO3/c1-7(11(14)15)4-12-5-8-2-3-10(13)9(8)6-12/h8-10,13H,1-6H2,(H,14,15). The lowest BCUT2D eigenvalue weighted by Crippen LogP contribution is -2.28. The van der Waals surface area contributed by atoms with E-state index in [0.717, 1.165) is 25.9 Å². The number of carboxylic acids is 1. The van der Waals surface area contributed by atoms with E-state index in [1.54, 1.807) is 0 Å². The van der Waals surface area contributed by atoms with Crippen molar-refractivity contribution in [3.8, 4) is 0 Å². The second-order valence-electron chi connectivity index (χ2n) is 4.67. The summed E-state index contributed by atoms with van der Waals surface area (Å²) in [4.78, 5) is 12.7. The molecular formula is C11H17NO3. The predicted molar refractivity (Wildman–Crippen MR) is 55.4 cm³/mol. The van der Waals surface area contributed by atoms with Crippen molar-refractivity contribution in [3.63, 3.8) is 0 Å². The second kappa shape index (κ2) is 3.94. The minimum Gasteiger partial charge on any atom is -0.478 e. The van der Waals surface area contributed by atoms with Crippen molar-refractivity contribution in [1.29, 1.82) is 0 Å². The van der Waals surface area contributed by atoms with Gasteiger partial charge in [0.15, 0.2) is 0 Å². The van der Waals surface area contributed by atoms with Gasteiger partial charge in [-0.15, -0.1) is 0 Å². The molecule has 0 aromatic carbocycles. The molecule has 2 N–H and O–H groups in total. The van der Waals surface area contributed by atoms with Crippen LogP contribution in [0.4, 0.5) is 0 Å². The molecule has 0 bridgehead atoms. The molecule has 0 aromatic rings. The van der Waals surface area contributed by atoms with E-state index >= 15 is 0 Å². The van der Waals surface area contributed by atoms with Crippen LogP contribution in [0.3, 0.4) is 0 Å². The molecule has 1 heterocycles. The van der Waals surface area contributed by atoms with Crippen LogP contribution in [0, 0.1) is 11.8 Å². The number of likely N-dealkylation sites (tertiary alicyclic amines) is 1. The lowest BCUT2D eigenvalue weighted by atomic mass is 10.00. The van der Waals surface area contributed by atoms with Crippen molar-refractivity contribution < 1.29 is 15.0 Å². The van der Waals surface area contributed by atoms with Gasteiger partial charge < -0.3 is 10.2 Å². The van der Waals surface area contributed by atoms with Crippen LogP contribution in [-0.2, 0) is 4.79 Å². The van der Waals surface area contributed by atoms with Gasteiger partial charge in [0.05, 0.1) is 6.10 Å². The Morgan fingerprint density at radius 2 is 2.13 bits per heavy atom. The first-order valence-corrected chi connectivity index (χ1v) is 5.39. The number of aliphatic hydroxyl groups excluding tert-OH is 1. The molecule has 0 spiro atoms. The van der Waals surface area contributed by atoms with Crippen LogP contribution < -0.4 is 0 Å². The quantitative estimate of drug-likeness (QED) is 0.660. The van der Waals surface area contributed by atoms with Gasteiger partial charge in [-0.25, -0.2) is 4.79 Å². The molecule has 0 amide bonds. The number of aliphatic carboxylic acids is 1. The van der Waals surface area contributed by atoms with Gasteiger partial charge in [0.1, 0.15) is 0 Å². The fourth-order valence-corrected chi connectivity index (χ4v) is 2.80. The van der Waals surface area contributed by atoms with Gasteiger partial charge in [0.25, 0.3) is 0 Å². The second-order valence-corrected chi connectivity index (χ2v) is 4.67. The van der Waals surface area contributed by atoms with Crippen LogP contribution in [0.25, 0.3) is 0 Å². The number of fused-ring (bicyclic) bond motifs is 1. The van der Waals surface area contributed by atoms with Gasteiger partial charge in [-0.1, -0.05) is 6.58 Å². The van der Waals surface area contributed by atoms with E-state index < -0.39 is 5.97 Å². The van der Waals surface area contributed by atoms with Crippen LogP contribution in [0.2, 0.25) is 0 Å². The Hall–Kier alpha value is -0.870. The maximum absolute atomic E-state index is 10.6. The molecule has 3 unspecified atom stereocenters. The summed E-state index contributed by atoms with van der Waals surface area (Å²) < 4.78 is 0. The van der Waals surface area contributed by atoms with E-state index in [1.807, 2.05) is 0 Å². The summed E-state index contributed by atoms with van der Waals surface area (Å²) >= 11 is 0. The zero-order chi connectivity index (χ0) is 11.0. The lowest BCUT2D eigenvalue weighted by Gasteiger charge is -2.17. The van der Waals surface area contributed by atoms with E-state index in [4.69, 9.17) is 5.11 Å². The number of aliphatic hydroxyl groups is 1. The maximum Gasteiger partial charge on any atom is 0.332 e. The Bertz CT molecular complexity index is 290. The lowest BCUT2D eigenvalue weighted by molar-refractivity contribution is -0.132. The summed E-state index contributed by atoms with van der Waals surface area (Å²) in [6.07, 6.45) is 1.79. The molecule has 2 fully saturated rings. The minimum absolute atomic E-state index is 0.182. The van der Waals surface area contributed by atoms with Gasteiger partial charge in [-0.2, -0.15) is 0 Å². The molecule has 4 nitrogen and oxygen atoms in total. The molecule has 0 radical (unpaired) electrons. The normalized spacial score (nSPS) is 35.4. The number of carboxylic acid groups (broad SMARTS) is 1. The van der Waals surface area contributed by atoms with E-state index in [1.165, 1.54) is 0 Å². The van der Waals surface area contributed by atoms with Gasteiger partial charge in [-0.05, 0) is 18.8 Å². The zero-order valence-corrected chi connectivity index (χ0v) is 8.72. The molecule has 1 aliphatic carbocycles. The monoisotopic (exact) mass is 211 g/mol. The van der Waals surface area contributed by atoms with Gasteiger partial charge in [-0.3, -0.25) is 4.90 Å². The highest BCUT2D eigenvalue weighted by Gasteiger charge is 2.41. The van der Waals surface area contributed by atoms with Crippen molar-refractivity contribution >= 4 is 5.97 Å². The van der Waals surface area contributed by atoms with Crippen molar-refractivity contribution in [1.82, 2.24) is 4.90 Å². The number of hydrogen-bond acceptors (Lipinski definition) is 3. The predicted octanol–water partition coefficient (Wildman–Crippen LogP) is 0.330. The fourth-order valence-electron chi connectivity index (χ4n) is 2.80. The summed E-state index contributed by atoms with van der Waals surface area (Å²) in [5.41, 5.74) is 0.240. The van der Waals surface area contributed by atoms with E-state index in [9.17, 15) is 9.90 Å². The van der Waals surface area contributed by atoms with Crippen LogP contribution in [0.1, 0.15) is 12.8 Å². The number of rotatable bonds is 3. The van der Waals surface area contributed by atoms with Crippen LogP contribution >= 0.6 is 0 Å². The minimum atomic E-state index is -0.924. The number of carbonyl (C=O) groups is 1. The summed E-state index contributed by atoms with van der Waals surface area (Å²) in [7, 11) is 0. The molecule has 3 atom stereocenters. The fraction of sp³-hybridized carbons (Fsp3) is 0.727. The van der Waals surface area contributed by atoms with Gasteiger partial charge in [0, 0.05) is 31.1 Å². The third-order valence-electron chi connectivity index (χ3n) is 3.61. The highest BCUT2D eigenvalue weighted by molar-refractivity contribution is 5.86. The van der Waals surface area contributed by atoms with E-state index in [0.29, 0.717) is 18.4 Å². The molecule has 1 saturated carbocycles. The summed E-state index contributed by atoms with van der Waals surface area (Å²) in [6.45, 7) is 5.68. The van der Waals surface area contributed by atoms with Crippen LogP contribution in [0.5, 0.6) is 0 Å². The maximum atomic E-state index is 10.6. The topological polar surface area (TPSA) is 60.8 Å². The SMILES string of the molecule is C=C(CN1CC2CCC(O)C2C1)C(=O)O. The Morgan fingerprint density at radius 1 is 1.40 bits per heavy atom. The number of hydrogen-bond donors (Lipinski definition) is 2. The molecule has 2 aliphatic rings. The summed E-state index contributed by atoms with van der Waals surface area (Å²) in [5, 5.41) is 18.4. The van der Waals surface area contributed by atoms with Crippen LogP contribution in [-0.4, -0.2) is 46.8 Å². The first-order chi connectivity index (χ1) is 7.08.